The lowest BCUT2D eigenvalue weighted by atomic mass is 9.95. The number of halogens is 1. The number of allylic oxidation sites excluding steroid dienone is 1. The van der Waals surface area contributed by atoms with Crippen LogP contribution in [0, 0.1) is 12.7 Å². The SMILES string of the molecule is CCOC(=O)C1=C(C)N=c2s/c(=C\c3c(C)n(Cc4ccc(F)cc4)c4ccccc34)c(=O)n2[C@H]1c1ccccc1OC(C)C. The predicted octanol–water partition coefficient (Wildman–Crippen LogP) is 6.04. The standard InChI is InChI=1S/C36H34FN3O4S/c1-6-43-35(42)32-22(4)38-36-40(33(32)27-12-8-10-14-30(27)44-21(2)3)34(41)31(45-36)19-28-23(5)39(29-13-9-7-11-26(28)29)20-24-15-17-25(37)18-16-24/h7-19,21,33H,6,20H2,1-5H3/b31-19-/t33-/m0/s1. The zero-order chi connectivity index (χ0) is 31.8. The van der Waals surface area contributed by atoms with Crippen LogP contribution >= 0.6 is 11.3 Å². The van der Waals surface area contributed by atoms with Gasteiger partial charge in [0.1, 0.15) is 17.6 Å². The minimum atomic E-state index is -0.779. The van der Waals surface area contributed by atoms with Gasteiger partial charge in [0, 0.05) is 34.3 Å². The van der Waals surface area contributed by atoms with E-state index in [0.717, 1.165) is 27.7 Å². The molecule has 0 fully saturated rings. The van der Waals surface area contributed by atoms with Crippen molar-refractivity contribution in [1.82, 2.24) is 9.13 Å². The molecule has 0 unspecified atom stereocenters. The van der Waals surface area contributed by atoms with E-state index in [9.17, 15) is 14.0 Å². The molecule has 45 heavy (non-hydrogen) atoms. The first-order chi connectivity index (χ1) is 21.7. The minimum Gasteiger partial charge on any atom is -0.491 e. The van der Waals surface area contributed by atoms with Crippen LogP contribution in [0.2, 0.25) is 0 Å². The van der Waals surface area contributed by atoms with Gasteiger partial charge in [-0.05, 0) is 70.5 Å². The molecule has 0 bridgehead atoms. The molecule has 7 nitrogen and oxygen atoms in total. The predicted molar refractivity (Wildman–Crippen MR) is 175 cm³/mol. The van der Waals surface area contributed by atoms with E-state index >= 15 is 0 Å². The molecule has 1 aliphatic rings. The lowest BCUT2D eigenvalue weighted by Gasteiger charge is -2.26. The second-order valence-corrected chi connectivity index (χ2v) is 12.2. The van der Waals surface area contributed by atoms with Crippen LogP contribution in [0.5, 0.6) is 5.75 Å². The average Bonchev–Trinajstić information content (AvgIpc) is 3.46. The average molecular weight is 624 g/mol. The lowest BCUT2D eigenvalue weighted by Crippen LogP contribution is -2.40. The Kier molecular flexibility index (Phi) is 8.29. The van der Waals surface area contributed by atoms with E-state index in [2.05, 4.69) is 4.57 Å². The summed E-state index contributed by atoms with van der Waals surface area (Å²) in [5.74, 6) is -0.206. The second kappa shape index (κ2) is 12.3. The molecule has 0 aliphatic carbocycles. The number of para-hydroxylation sites is 2. The van der Waals surface area contributed by atoms with E-state index < -0.39 is 12.0 Å². The largest absolute Gasteiger partial charge is 0.491 e. The zero-order valence-corrected chi connectivity index (χ0v) is 26.7. The van der Waals surface area contributed by atoms with Crippen LogP contribution in [-0.4, -0.2) is 27.8 Å². The Balaban J connectivity index is 1.56. The monoisotopic (exact) mass is 623 g/mol. The highest BCUT2D eigenvalue weighted by molar-refractivity contribution is 7.07. The summed E-state index contributed by atoms with van der Waals surface area (Å²) in [7, 11) is 0. The molecule has 0 spiro atoms. The van der Waals surface area contributed by atoms with Gasteiger partial charge in [-0.2, -0.15) is 0 Å². The van der Waals surface area contributed by atoms with Crippen molar-refractivity contribution < 1.29 is 18.7 Å². The van der Waals surface area contributed by atoms with Gasteiger partial charge in [0.25, 0.3) is 5.56 Å². The molecular formula is C36H34FN3O4S. The van der Waals surface area contributed by atoms with Gasteiger partial charge in [-0.15, -0.1) is 0 Å². The lowest BCUT2D eigenvalue weighted by molar-refractivity contribution is -0.139. The molecule has 1 atom stereocenters. The number of hydrogen-bond donors (Lipinski definition) is 0. The van der Waals surface area contributed by atoms with E-state index in [1.807, 2.05) is 75.4 Å². The number of thiazole rings is 1. The third-order valence-corrected chi connectivity index (χ3v) is 8.89. The molecule has 3 aromatic carbocycles. The summed E-state index contributed by atoms with van der Waals surface area (Å²) in [6.07, 6.45) is 1.80. The Hall–Kier alpha value is -4.76. The number of rotatable bonds is 8. The fourth-order valence-corrected chi connectivity index (χ4v) is 6.93. The summed E-state index contributed by atoms with van der Waals surface area (Å²) in [5, 5.41) is 0.999. The molecule has 0 saturated heterocycles. The number of esters is 1. The van der Waals surface area contributed by atoms with E-state index in [1.54, 1.807) is 30.5 Å². The van der Waals surface area contributed by atoms with Crippen LogP contribution in [-0.2, 0) is 16.1 Å². The first-order valence-electron chi connectivity index (χ1n) is 15.0. The second-order valence-electron chi connectivity index (χ2n) is 11.2. The zero-order valence-electron chi connectivity index (χ0n) is 25.8. The van der Waals surface area contributed by atoms with Crippen LogP contribution in [0.15, 0.2) is 93.9 Å². The first-order valence-corrected chi connectivity index (χ1v) is 15.8. The van der Waals surface area contributed by atoms with Crippen molar-refractivity contribution in [2.24, 2.45) is 4.99 Å². The Bertz CT molecular complexity index is 2140. The molecule has 1 aliphatic heterocycles. The van der Waals surface area contributed by atoms with E-state index in [0.29, 0.717) is 38.5 Å². The maximum atomic E-state index is 14.4. The van der Waals surface area contributed by atoms with Crippen molar-refractivity contribution in [3.63, 3.8) is 0 Å². The van der Waals surface area contributed by atoms with Gasteiger partial charge in [-0.25, -0.2) is 14.2 Å². The quantitative estimate of drug-likeness (QED) is 0.198. The van der Waals surface area contributed by atoms with Gasteiger partial charge in [0.15, 0.2) is 4.80 Å². The Morgan fingerprint density at radius 1 is 1.04 bits per heavy atom. The van der Waals surface area contributed by atoms with Gasteiger partial charge in [0.2, 0.25) is 0 Å². The normalized spacial score (nSPS) is 15.0. The summed E-state index contributed by atoms with van der Waals surface area (Å²) in [4.78, 5) is 33.0. The van der Waals surface area contributed by atoms with Crippen LogP contribution in [0.3, 0.4) is 0 Å². The van der Waals surface area contributed by atoms with Crippen molar-refractivity contribution >= 4 is 34.3 Å². The molecular weight excluding hydrogens is 589 g/mol. The van der Waals surface area contributed by atoms with Crippen LogP contribution < -0.4 is 19.6 Å². The fraction of sp³-hybridized carbons (Fsp3) is 0.250. The van der Waals surface area contributed by atoms with Gasteiger partial charge < -0.3 is 14.0 Å². The molecule has 2 aromatic heterocycles. The van der Waals surface area contributed by atoms with Crippen LogP contribution in [0.1, 0.15) is 56.1 Å². The van der Waals surface area contributed by atoms with E-state index in [-0.39, 0.29) is 24.1 Å². The molecule has 0 radical (unpaired) electrons. The molecule has 0 N–H and O–H groups in total. The molecule has 0 amide bonds. The van der Waals surface area contributed by atoms with Crippen molar-refractivity contribution in [2.75, 3.05) is 6.61 Å². The number of nitrogens with zero attached hydrogens (tertiary/aromatic N) is 3. The Morgan fingerprint density at radius 2 is 1.76 bits per heavy atom. The number of benzene rings is 3. The molecule has 3 heterocycles. The highest BCUT2D eigenvalue weighted by Gasteiger charge is 2.35. The van der Waals surface area contributed by atoms with Gasteiger partial charge in [-0.1, -0.05) is 59.9 Å². The summed E-state index contributed by atoms with van der Waals surface area (Å²) in [6, 6.07) is 21.2. The molecule has 230 valence electrons. The van der Waals surface area contributed by atoms with Gasteiger partial charge in [-0.3, -0.25) is 9.36 Å². The summed E-state index contributed by atoms with van der Waals surface area (Å²) in [5.41, 5.74) is 5.10. The highest BCUT2D eigenvalue weighted by atomic mass is 32.1. The van der Waals surface area contributed by atoms with Crippen molar-refractivity contribution in [3.8, 4) is 5.75 Å². The third kappa shape index (κ3) is 5.64. The summed E-state index contributed by atoms with van der Waals surface area (Å²) >= 11 is 1.29. The van der Waals surface area contributed by atoms with Crippen LogP contribution in [0.4, 0.5) is 4.39 Å². The molecule has 5 aromatic rings. The minimum absolute atomic E-state index is 0.117. The third-order valence-electron chi connectivity index (χ3n) is 7.90. The highest BCUT2D eigenvalue weighted by Crippen LogP contribution is 2.36. The number of hydrogen-bond acceptors (Lipinski definition) is 6. The number of carbonyl (C=O) groups is 1. The smallest absolute Gasteiger partial charge is 0.338 e. The van der Waals surface area contributed by atoms with Crippen molar-refractivity contribution in [3.05, 3.63) is 132 Å². The van der Waals surface area contributed by atoms with Crippen molar-refractivity contribution in [1.29, 1.82) is 0 Å². The van der Waals surface area contributed by atoms with Gasteiger partial charge in [0.05, 0.1) is 28.5 Å². The van der Waals surface area contributed by atoms with Gasteiger partial charge >= 0.3 is 5.97 Å². The fourth-order valence-electron chi connectivity index (χ4n) is 5.90. The van der Waals surface area contributed by atoms with E-state index in [1.165, 1.54) is 23.5 Å². The van der Waals surface area contributed by atoms with Crippen LogP contribution in [0.25, 0.3) is 17.0 Å². The van der Waals surface area contributed by atoms with E-state index in [4.69, 9.17) is 14.5 Å². The number of ether oxygens (including phenoxy) is 2. The molecule has 6 rings (SSSR count). The Labute approximate surface area is 264 Å². The topological polar surface area (TPSA) is 74.8 Å². The molecule has 9 heteroatoms. The number of fused-ring (bicyclic) bond motifs is 2. The first kappa shape index (κ1) is 30.3. The van der Waals surface area contributed by atoms with Crippen molar-refractivity contribution in [2.45, 2.75) is 53.3 Å². The summed E-state index contributed by atoms with van der Waals surface area (Å²) in [6.45, 7) is 10.2. The maximum Gasteiger partial charge on any atom is 0.338 e. The Morgan fingerprint density at radius 3 is 2.49 bits per heavy atom. The number of carbonyl (C=O) groups excluding carboxylic acids is 1. The molecule has 0 saturated carbocycles. The number of aromatic nitrogens is 2. The maximum absolute atomic E-state index is 14.4. The summed E-state index contributed by atoms with van der Waals surface area (Å²) < 4.78 is 29.5.